The summed E-state index contributed by atoms with van der Waals surface area (Å²) in [5, 5.41) is 8.14. The van der Waals surface area contributed by atoms with Gasteiger partial charge >= 0.3 is 30.1 Å². The van der Waals surface area contributed by atoms with Gasteiger partial charge in [-0.2, -0.15) is 39.5 Å². The molecule has 0 amide bonds. The number of alkyl halides is 9. The predicted molar refractivity (Wildman–Crippen MR) is 59.4 cm³/mol. The molecule has 0 unspecified atom stereocenters. The fourth-order valence-electron chi connectivity index (χ4n) is 1.27. The standard InChI is InChI=1S/C11H4ClF9O3/c12-6-3-4(22)1-2-5(6)7(23)24-11(20,21)9(15,16)8(13,14)10(17,18)19/h1-3,22H. The molecular weight excluding hydrogens is 387 g/mol. The van der Waals surface area contributed by atoms with Crippen LogP contribution in [-0.4, -0.2) is 35.2 Å². The Kier molecular flexibility index (Phi) is 4.96. The molecule has 3 nitrogen and oxygen atoms in total. The first-order chi connectivity index (χ1) is 10.5. The molecule has 1 aromatic carbocycles. The van der Waals surface area contributed by atoms with Gasteiger partial charge in [0.2, 0.25) is 0 Å². The van der Waals surface area contributed by atoms with Gasteiger partial charge < -0.3 is 9.84 Å². The number of esters is 1. The Morgan fingerprint density at radius 1 is 0.958 bits per heavy atom. The first-order valence-electron chi connectivity index (χ1n) is 5.46. The van der Waals surface area contributed by atoms with Crippen LogP contribution in [0.3, 0.4) is 0 Å². The van der Waals surface area contributed by atoms with Crippen molar-refractivity contribution in [2.75, 3.05) is 0 Å². The summed E-state index contributed by atoms with van der Waals surface area (Å²) in [5.41, 5.74) is -1.08. The third-order valence-corrected chi connectivity index (χ3v) is 2.82. The molecule has 1 aromatic rings. The highest BCUT2D eigenvalue weighted by molar-refractivity contribution is 6.33. The average Bonchev–Trinajstić information content (AvgIpc) is 2.35. The summed E-state index contributed by atoms with van der Waals surface area (Å²) in [6.45, 7) is 0. The number of halogens is 10. The number of hydrogen-bond donors (Lipinski definition) is 1. The zero-order chi connectivity index (χ0) is 19.1. The summed E-state index contributed by atoms with van der Waals surface area (Å²) in [7, 11) is 0. The third kappa shape index (κ3) is 3.32. The van der Waals surface area contributed by atoms with E-state index in [0.717, 1.165) is 0 Å². The molecular formula is C11H4ClF9O3. The maximum Gasteiger partial charge on any atom is 0.473 e. The lowest BCUT2D eigenvalue weighted by Gasteiger charge is -2.32. The molecule has 1 rings (SSSR count). The van der Waals surface area contributed by atoms with Crippen LogP contribution in [0.25, 0.3) is 0 Å². The van der Waals surface area contributed by atoms with Crippen LogP contribution in [0.2, 0.25) is 5.02 Å². The highest BCUT2D eigenvalue weighted by Crippen LogP contribution is 2.53. The molecule has 136 valence electrons. The first-order valence-corrected chi connectivity index (χ1v) is 5.84. The molecule has 0 atom stereocenters. The summed E-state index contributed by atoms with van der Waals surface area (Å²) < 4.78 is 116. The van der Waals surface area contributed by atoms with Gasteiger partial charge in [0.25, 0.3) is 0 Å². The molecule has 0 radical (unpaired) electrons. The van der Waals surface area contributed by atoms with Crippen molar-refractivity contribution in [1.29, 1.82) is 0 Å². The Hall–Kier alpha value is -1.85. The van der Waals surface area contributed by atoms with Gasteiger partial charge in [0.1, 0.15) is 5.75 Å². The van der Waals surface area contributed by atoms with Gasteiger partial charge in [-0.05, 0) is 18.2 Å². The fraction of sp³-hybridized carbons (Fsp3) is 0.364. The van der Waals surface area contributed by atoms with Crippen LogP contribution in [0.15, 0.2) is 18.2 Å². The van der Waals surface area contributed by atoms with Gasteiger partial charge in [-0.3, -0.25) is 0 Å². The molecule has 0 aliphatic carbocycles. The van der Waals surface area contributed by atoms with E-state index in [2.05, 4.69) is 4.74 Å². The summed E-state index contributed by atoms with van der Waals surface area (Å²) in [6.07, 6.45) is -13.6. The van der Waals surface area contributed by atoms with Gasteiger partial charge in [-0.25, -0.2) is 4.79 Å². The van der Waals surface area contributed by atoms with Crippen LogP contribution in [-0.2, 0) is 4.74 Å². The number of aromatic hydroxyl groups is 1. The monoisotopic (exact) mass is 390 g/mol. The van der Waals surface area contributed by atoms with Crippen LogP contribution in [0.5, 0.6) is 5.75 Å². The highest BCUT2D eigenvalue weighted by Gasteiger charge is 2.84. The van der Waals surface area contributed by atoms with E-state index in [9.17, 15) is 44.3 Å². The lowest BCUT2D eigenvalue weighted by molar-refractivity contribution is -0.433. The third-order valence-electron chi connectivity index (χ3n) is 2.51. The van der Waals surface area contributed by atoms with E-state index in [0.29, 0.717) is 18.2 Å². The van der Waals surface area contributed by atoms with Crippen molar-refractivity contribution in [3.05, 3.63) is 28.8 Å². The predicted octanol–water partition coefficient (Wildman–Crippen LogP) is 4.63. The van der Waals surface area contributed by atoms with Gasteiger partial charge in [0, 0.05) is 0 Å². The van der Waals surface area contributed by atoms with Gasteiger partial charge in [-0.1, -0.05) is 11.6 Å². The summed E-state index contributed by atoms with van der Waals surface area (Å²) in [6, 6.07) is 1.75. The van der Waals surface area contributed by atoms with E-state index in [1.54, 1.807) is 0 Å². The number of carbonyl (C=O) groups is 1. The molecule has 0 aliphatic heterocycles. The van der Waals surface area contributed by atoms with E-state index in [4.69, 9.17) is 16.7 Å². The molecule has 0 aromatic heterocycles. The van der Waals surface area contributed by atoms with Crippen molar-refractivity contribution in [1.82, 2.24) is 0 Å². The largest absolute Gasteiger partial charge is 0.508 e. The minimum Gasteiger partial charge on any atom is -0.508 e. The number of phenols is 1. The molecule has 0 spiro atoms. The Morgan fingerprint density at radius 2 is 1.46 bits per heavy atom. The van der Waals surface area contributed by atoms with E-state index in [1.807, 2.05) is 0 Å². The van der Waals surface area contributed by atoms with Crippen molar-refractivity contribution in [3.8, 4) is 5.75 Å². The van der Waals surface area contributed by atoms with Crippen molar-refractivity contribution in [2.45, 2.75) is 24.1 Å². The molecule has 0 saturated carbocycles. The number of ether oxygens (including phenoxy) is 1. The number of benzene rings is 1. The Morgan fingerprint density at radius 3 is 1.88 bits per heavy atom. The second-order valence-electron chi connectivity index (χ2n) is 4.22. The maximum atomic E-state index is 13.1. The molecule has 0 heterocycles. The Labute approximate surface area is 131 Å². The number of hydrogen-bond acceptors (Lipinski definition) is 3. The maximum absolute atomic E-state index is 13.1. The van der Waals surface area contributed by atoms with Crippen molar-refractivity contribution < 1.29 is 54.2 Å². The van der Waals surface area contributed by atoms with Crippen LogP contribution < -0.4 is 0 Å². The summed E-state index contributed by atoms with van der Waals surface area (Å²) >= 11 is 5.31. The first kappa shape index (κ1) is 20.2. The fourth-order valence-corrected chi connectivity index (χ4v) is 1.52. The molecule has 0 aliphatic rings. The molecule has 24 heavy (non-hydrogen) atoms. The Balaban J connectivity index is 3.18. The van der Waals surface area contributed by atoms with Crippen LogP contribution in [0, 0.1) is 0 Å². The lowest BCUT2D eigenvalue weighted by Crippen LogP contribution is -2.62. The minimum absolute atomic E-state index is 0.496. The molecule has 0 fully saturated rings. The average molecular weight is 391 g/mol. The van der Waals surface area contributed by atoms with E-state index in [1.165, 1.54) is 0 Å². The van der Waals surface area contributed by atoms with Crippen LogP contribution in [0.4, 0.5) is 39.5 Å². The van der Waals surface area contributed by atoms with Crippen molar-refractivity contribution >= 4 is 17.6 Å². The van der Waals surface area contributed by atoms with Crippen LogP contribution >= 0.6 is 11.6 Å². The number of carbonyl (C=O) groups excluding carboxylic acids is 1. The molecule has 0 saturated heterocycles. The van der Waals surface area contributed by atoms with Crippen LogP contribution in [0.1, 0.15) is 10.4 Å². The minimum atomic E-state index is -7.19. The van der Waals surface area contributed by atoms with Crippen molar-refractivity contribution in [3.63, 3.8) is 0 Å². The lowest BCUT2D eigenvalue weighted by atomic mass is 10.1. The second-order valence-corrected chi connectivity index (χ2v) is 4.62. The summed E-state index contributed by atoms with van der Waals surface area (Å²) in [4.78, 5) is 11.3. The topological polar surface area (TPSA) is 46.5 Å². The molecule has 1 N–H and O–H groups in total. The zero-order valence-electron chi connectivity index (χ0n) is 10.8. The van der Waals surface area contributed by atoms with E-state index < -0.39 is 46.4 Å². The van der Waals surface area contributed by atoms with Gasteiger partial charge in [0.15, 0.2) is 0 Å². The SMILES string of the molecule is O=C(OC(F)(F)C(F)(F)C(F)(F)C(F)(F)F)c1ccc(O)cc1Cl. The molecule has 13 heteroatoms. The quantitative estimate of drug-likeness (QED) is 0.602. The van der Waals surface area contributed by atoms with E-state index >= 15 is 0 Å². The highest BCUT2D eigenvalue weighted by atomic mass is 35.5. The zero-order valence-corrected chi connectivity index (χ0v) is 11.5. The normalized spacial score (nSPS) is 13.8. The van der Waals surface area contributed by atoms with Gasteiger partial charge in [0.05, 0.1) is 10.6 Å². The number of phenolic OH excluding ortho intramolecular Hbond substituents is 1. The van der Waals surface area contributed by atoms with Crippen molar-refractivity contribution in [2.24, 2.45) is 0 Å². The Bertz CT molecular complexity index is 642. The second kappa shape index (κ2) is 5.90. The van der Waals surface area contributed by atoms with Gasteiger partial charge in [-0.15, -0.1) is 0 Å². The number of rotatable bonds is 4. The van der Waals surface area contributed by atoms with E-state index in [-0.39, 0.29) is 0 Å². The summed E-state index contributed by atoms with van der Waals surface area (Å²) in [5.74, 6) is -17.3. The smallest absolute Gasteiger partial charge is 0.473 e. The molecule has 0 bridgehead atoms.